The number of benzene rings is 3. The summed E-state index contributed by atoms with van der Waals surface area (Å²) in [7, 11) is 4.74. The van der Waals surface area contributed by atoms with Crippen molar-refractivity contribution in [3.63, 3.8) is 0 Å². The molecule has 4 aromatic rings. The van der Waals surface area contributed by atoms with Crippen LogP contribution in [0.2, 0.25) is 0 Å². The Morgan fingerprint density at radius 3 is 1.73 bits per heavy atom. The Morgan fingerprint density at radius 2 is 1.15 bits per heavy atom. The van der Waals surface area contributed by atoms with E-state index in [1.54, 1.807) is 27.4 Å². The molecule has 4 aromatic carbocycles. The van der Waals surface area contributed by atoms with Crippen LogP contribution in [0.5, 0.6) is 17.2 Å². The fourth-order valence-electron chi connectivity index (χ4n) is 16.2. The molecule has 13 nitrogen and oxygen atoms in total. The van der Waals surface area contributed by atoms with Gasteiger partial charge in [0.25, 0.3) is 0 Å². The largest absolute Gasteiger partial charge is 1.00 e. The molecule has 0 unspecified atom stereocenters. The highest BCUT2D eigenvalue weighted by Gasteiger charge is 2.44. The van der Waals surface area contributed by atoms with E-state index < -0.39 is 6.04 Å². The SMILES string of the molecule is CCCCCCCCCCCCCCCCCCCCCC[N+]1=C(/C=C\C=C2\N(CCCCCCCCCCCCCC)c3ccc(CNC(=O)CCCC(=O)N/N=C(\C)CCCC(=O)N[C@H]4CCc5cc(OC)c(OC)c(OC)c5-c5ccc(SC)c(=O)cc54)cc3C2(C)C)C(C)(C)c2ccccc21.[Cl-]. The Kier molecular flexibility index (Phi) is 40.3. The molecular formula is C91H137ClN6O7S. The predicted molar refractivity (Wildman–Crippen MR) is 442 cm³/mol. The molecule has 1 atom stereocenters. The van der Waals surface area contributed by atoms with Gasteiger partial charge in [-0.3, -0.25) is 19.2 Å². The van der Waals surface area contributed by atoms with E-state index >= 15 is 0 Å². The number of hydrazone groups is 1. The maximum Gasteiger partial charge on any atom is 0.240 e. The van der Waals surface area contributed by atoms with Gasteiger partial charge in [0.2, 0.25) is 29.2 Å². The molecule has 0 saturated carbocycles. The van der Waals surface area contributed by atoms with Gasteiger partial charge in [0.05, 0.1) is 37.7 Å². The maximum atomic E-state index is 13.7. The lowest BCUT2D eigenvalue weighted by molar-refractivity contribution is -0.438. The number of fused-ring (bicyclic) bond motifs is 5. The Labute approximate surface area is 651 Å². The zero-order chi connectivity index (χ0) is 75.2. The van der Waals surface area contributed by atoms with Crippen LogP contribution in [0.15, 0.2) is 105 Å². The van der Waals surface area contributed by atoms with Gasteiger partial charge in [-0.05, 0) is 130 Å². The van der Waals surface area contributed by atoms with Crippen molar-refractivity contribution in [3.05, 3.63) is 129 Å². The molecule has 586 valence electrons. The number of nitrogens with one attached hydrogen (secondary N) is 3. The lowest BCUT2D eigenvalue weighted by Crippen LogP contribution is -3.00. The maximum absolute atomic E-state index is 13.7. The molecule has 0 bridgehead atoms. The molecule has 7 rings (SSSR count). The van der Waals surface area contributed by atoms with E-state index in [0.29, 0.717) is 72.1 Å². The third kappa shape index (κ3) is 27.0. The average molecular weight is 1490 g/mol. The van der Waals surface area contributed by atoms with Gasteiger partial charge in [-0.1, -0.05) is 256 Å². The number of aryl methyl sites for hydroxylation is 1. The first-order valence-electron chi connectivity index (χ1n) is 41.5. The Morgan fingerprint density at radius 1 is 0.604 bits per heavy atom. The van der Waals surface area contributed by atoms with Gasteiger partial charge in [-0.2, -0.15) is 9.68 Å². The Bertz CT molecular complexity index is 3560. The van der Waals surface area contributed by atoms with E-state index in [-0.39, 0.29) is 65.6 Å². The highest BCUT2D eigenvalue weighted by atomic mass is 35.5. The van der Waals surface area contributed by atoms with Crippen molar-refractivity contribution in [2.24, 2.45) is 5.10 Å². The summed E-state index contributed by atoms with van der Waals surface area (Å²) in [4.78, 5) is 56.7. The first kappa shape index (κ1) is 88.5. The molecule has 15 heteroatoms. The summed E-state index contributed by atoms with van der Waals surface area (Å²) in [5.41, 5.74) is 15.1. The molecule has 106 heavy (non-hydrogen) atoms. The summed E-state index contributed by atoms with van der Waals surface area (Å²) in [5, 5.41) is 10.7. The van der Waals surface area contributed by atoms with Crippen LogP contribution in [0, 0.1) is 0 Å². The summed E-state index contributed by atoms with van der Waals surface area (Å²) in [6.07, 6.45) is 55.7. The van der Waals surface area contributed by atoms with Crippen LogP contribution >= 0.6 is 11.8 Å². The van der Waals surface area contributed by atoms with E-state index in [0.717, 1.165) is 41.8 Å². The van der Waals surface area contributed by atoms with Gasteiger partial charge in [0.1, 0.15) is 6.54 Å². The molecule has 0 saturated heterocycles. The monoisotopic (exact) mass is 1490 g/mol. The first-order chi connectivity index (χ1) is 51.0. The Hall–Kier alpha value is -6.38. The van der Waals surface area contributed by atoms with Gasteiger partial charge < -0.3 is 42.2 Å². The number of halogens is 1. The van der Waals surface area contributed by atoms with Crippen LogP contribution in [-0.2, 0) is 38.2 Å². The minimum atomic E-state index is -0.442. The molecule has 0 fully saturated rings. The van der Waals surface area contributed by atoms with Gasteiger partial charge in [-0.15, -0.1) is 11.8 Å². The summed E-state index contributed by atoms with van der Waals surface area (Å²) in [6, 6.07) is 22.7. The van der Waals surface area contributed by atoms with Crippen LogP contribution in [0.25, 0.3) is 11.1 Å². The van der Waals surface area contributed by atoms with Crippen molar-refractivity contribution in [2.45, 2.75) is 334 Å². The zero-order valence-electron chi connectivity index (χ0n) is 67.6. The smallest absolute Gasteiger partial charge is 0.240 e. The Balaban J connectivity index is 0.0000176. The molecule has 0 radical (unpaired) electrons. The second-order valence-corrected chi connectivity index (χ2v) is 32.2. The van der Waals surface area contributed by atoms with E-state index in [1.165, 1.54) is 245 Å². The topological polar surface area (TPSA) is 151 Å². The van der Waals surface area contributed by atoms with Crippen LogP contribution in [0.4, 0.5) is 11.4 Å². The molecule has 3 N–H and O–H groups in total. The lowest BCUT2D eigenvalue weighted by atomic mass is 9.81. The van der Waals surface area contributed by atoms with Crippen molar-refractivity contribution in [2.75, 3.05) is 45.6 Å². The molecule has 3 aliphatic rings. The molecule has 2 aliphatic heterocycles. The molecule has 0 aromatic heterocycles. The number of para-hydroxylation sites is 1. The zero-order valence-corrected chi connectivity index (χ0v) is 69.1. The standard InChI is InChI=1S/C91H136N6O7S.ClH/c1-12-14-16-18-20-22-24-26-27-28-29-30-31-32-33-35-37-38-40-44-63-96-77-51-43-42-50-74(77)90(4,5)82(96)52-47-53-83-91(6,7)75-65-70(57-61-78(75)97(83)64-45-41-39-36-34-25-23-21-19-17-15-13-2)68-92-84(99)54-48-56-86(101)95-94-69(3)49-46-55-85(100)93-76-60-58-71-66-80(102-8)88(103-9)89(104-10)87(71)72-59-62-81(105-11)79(98)67-73(72)76;/h42-43,47,50-53,57,59,61-62,65-67,76H,12-41,44-46,48-49,54-56,58,60,63-64,68H2,1-11H3,(H2-,92,93,95,99,100,101);1H/b94-69+;/t76-;/m0./s1. The molecular weight excluding hydrogens is 1360 g/mol. The number of carbonyl (C=O) groups excluding carboxylic acids is 3. The molecule has 3 amide bonds. The fourth-order valence-corrected chi connectivity index (χ4v) is 16.6. The summed E-state index contributed by atoms with van der Waals surface area (Å²) in [5.74, 6) is 0.986. The van der Waals surface area contributed by atoms with Crippen molar-refractivity contribution < 1.29 is 45.6 Å². The quantitative estimate of drug-likeness (QED) is 0.0129. The number of nitrogens with zero attached hydrogens (tertiary/aromatic N) is 3. The number of anilines is 1. The number of carbonyl (C=O) groups is 3. The van der Waals surface area contributed by atoms with E-state index in [4.69, 9.17) is 14.2 Å². The van der Waals surface area contributed by atoms with Crippen molar-refractivity contribution in [1.82, 2.24) is 16.1 Å². The number of allylic oxidation sites excluding steroid dienone is 4. The number of amides is 3. The predicted octanol–water partition coefficient (Wildman–Crippen LogP) is 19.9. The first-order valence-corrected chi connectivity index (χ1v) is 42.7. The number of thioether (sulfide) groups is 1. The molecule has 2 heterocycles. The number of ether oxygens (including phenoxy) is 3. The molecule has 0 spiro atoms. The average Bonchev–Trinajstić information content (AvgIpc) is 1.59. The van der Waals surface area contributed by atoms with Crippen molar-refractivity contribution in [1.29, 1.82) is 0 Å². The second-order valence-electron chi connectivity index (χ2n) is 31.3. The van der Waals surface area contributed by atoms with Gasteiger partial charge in [0.15, 0.2) is 22.6 Å². The minimum Gasteiger partial charge on any atom is -1.00 e. The van der Waals surface area contributed by atoms with Crippen LogP contribution in [0.3, 0.4) is 0 Å². The molecule has 1 aliphatic carbocycles. The second kappa shape index (κ2) is 48.2. The highest BCUT2D eigenvalue weighted by Crippen LogP contribution is 2.51. The van der Waals surface area contributed by atoms with Crippen molar-refractivity contribution in [3.8, 4) is 28.4 Å². The van der Waals surface area contributed by atoms with Gasteiger partial charge >= 0.3 is 0 Å². The number of unbranched alkanes of at least 4 members (excludes halogenated alkanes) is 30. The normalized spacial score (nSPS) is 15.2. The number of hydrogen-bond donors (Lipinski definition) is 3. The van der Waals surface area contributed by atoms with Crippen LogP contribution < -0.4 is 53.0 Å². The fraction of sp³-hybridized carbons (Fsp3) is 0.626. The van der Waals surface area contributed by atoms with E-state index in [2.05, 4.69) is 133 Å². The number of rotatable bonds is 52. The summed E-state index contributed by atoms with van der Waals surface area (Å²) >= 11 is 1.38. The number of hydrogen-bond acceptors (Lipinski definition) is 10. The third-order valence-corrected chi connectivity index (χ3v) is 23.2. The van der Waals surface area contributed by atoms with E-state index in [9.17, 15) is 19.2 Å². The summed E-state index contributed by atoms with van der Waals surface area (Å²) in [6.45, 7) is 18.3. The van der Waals surface area contributed by atoms with Gasteiger partial charge in [0, 0.05) is 84.6 Å². The number of methoxy groups -OCH3 is 3. The summed E-state index contributed by atoms with van der Waals surface area (Å²) < 4.78 is 20.0. The van der Waals surface area contributed by atoms with Crippen LogP contribution in [0.1, 0.15) is 333 Å². The van der Waals surface area contributed by atoms with Gasteiger partial charge in [-0.25, -0.2) is 5.43 Å². The van der Waals surface area contributed by atoms with Crippen LogP contribution in [-0.4, -0.2) is 74.4 Å². The minimum absolute atomic E-state index is 0. The highest BCUT2D eigenvalue weighted by molar-refractivity contribution is 7.98. The third-order valence-electron chi connectivity index (χ3n) is 22.4. The van der Waals surface area contributed by atoms with E-state index in [1.807, 2.05) is 31.4 Å². The van der Waals surface area contributed by atoms with Crippen molar-refractivity contribution >= 4 is 52.3 Å². The lowest BCUT2D eigenvalue weighted by Gasteiger charge is -2.27.